The molecule has 32 heavy (non-hydrogen) atoms. The lowest BCUT2D eigenvalue weighted by atomic mass is 10.0. The molecule has 1 aliphatic heterocycles. The first-order valence-corrected chi connectivity index (χ1v) is 12.3. The maximum Gasteiger partial charge on any atom is 0.251 e. The molecule has 1 N–H and O–H groups in total. The van der Waals surface area contributed by atoms with Gasteiger partial charge in [0.2, 0.25) is 0 Å². The summed E-state index contributed by atoms with van der Waals surface area (Å²) in [5, 5.41) is 2.98. The zero-order valence-corrected chi connectivity index (χ0v) is 19.3. The number of thioether (sulfide) groups is 1. The van der Waals surface area contributed by atoms with E-state index in [2.05, 4.69) is 34.5 Å². The molecule has 0 aromatic heterocycles. The Kier molecular flexibility index (Phi) is 7.86. The Labute approximate surface area is 195 Å². The molecule has 0 saturated carbocycles. The highest BCUT2D eigenvalue weighted by molar-refractivity contribution is 7.99. The van der Waals surface area contributed by atoms with E-state index in [4.69, 9.17) is 4.74 Å². The fraction of sp³-hybridized carbons (Fsp3) is 0.296. The van der Waals surface area contributed by atoms with Gasteiger partial charge in [-0.3, -0.25) is 9.69 Å². The van der Waals surface area contributed by atoms with Gasteiger partial charge in [0.05, 0.1) is 6.54 Å². The number of nitrogens with zero attached hydrogens (tertiary/aromatic N) is 1. The van der Waals surface area contributed by atoms with Crippen molar-refractivity contribution in [1.29, 1.82) is 0 Å². The Morgan fingerprint density at radius 3 is 2.44 bits per heavy atom. The summed E-state index contributed by atoms with van der Waals surface area (Å²) >= 11 is 2.03. The summed E-state index contributed by atoms with van der Waals surface area (Å²) in [5.74, 6) is 3.18. The summed E-state index contributed by atoms with van der Waals surface area (Å²) < 4.78 is 6.07. The molecular weight excluding hydrogens is 416 g/mol. The molecule has 4 nitrogen and oxygen atoms in total. The molecule has 1 amide bonds. The molecule has 0 radical (unpaired) electrons. The van der Waals surface area contributed by atoms with Crippen LogP contribution in [0.2, 0.25) is 0 Å². The molecule has 4 rings (SSSR count). The summed E-state index contributed by atoms with van der Waals surface area (Å²) in [7, 11) is 0. The summed E-state index contributed by atoms with van der Waals surface area (Å²) in [4.78, 5) is 15.0. The molecule has 3 aromatic carbocycles. The predicted molar refractivity (Wildman–Crippen MR) is 133 cm³/mol. The van der Waals surface area contributed by atoms with E-state index in [1.54, 1.807) is 0 Å². The van der Waals surface area contributed by atoms with Crippen LogP contribution in [0.25, 0.3) is 11.1 Å². The molecule has 0 spiro atoms. The van der Waals surface area contributed by atoms with Crippen molar-refractivity contribution in [1.82, 2.24) is 10.2 Å². The second kappa shape index (κ2) is 11.2. The van der Waals surface area contributed by atoms with E-state index >= 15 is 0 Å². The first-order chi connectivity index (χ1) is 15.7. The maximum absolute atomic E-state index is 12.6. The van der Waals surface area contributed by atoms with Crippen molar-refractivity contribution in [3.05, 3.63) is 90.0 Å². The van der Waals surface area contributed by atoms with Crippen LogP contribution >= 0.6 is 11.8 Å². The molecule has 1 aliphatic rings. The van der Waals surface area contributed by atoms with Gasteiger partial charge in [-0.25, -0.2) is 0 Å². The van der Waals surface area contributed by atoms with E-state index in [-0.39, 0.29) is 12.0 Å². The van der Waals surface area contributed by atoms with Crippen LogP contribution in [0.3, 0.4) is 0 Å². The molecule has 5 heteroatoms. The molecule has 166 valence electrons. The highest BCUT2D eigenvalue weighted by Gasteiger charge is 2.12. The highest BCUT2D eigenvalue weighted by atomic mass is 32.2. The molecule has 1 atom stereocenters. The number of carbonyl (C=O) groups is 1. The zero-order valence-electron chi connectivity index (χ0n) is 18.5. The third-order valence-corrected chi connectivity index (χ3v) is 6.49. The number of nitrogens with one attached hydrogen (secondary N) is 1. The van der Waals surface area contributed by atoms with Crippen LogP contribution in [0.4, 0.5) is 0 Å². The van der Waals surface area contributed by atoms with Crippen molar-refractivity contribution in [2.45, 2.75) is 19.6 Å². The molecule has 0 unspecified atom stereocenters. The van der Waals surface area contributed by atoms with Gasteiger partial charge >= 0.3 is 0 Å². The maximum atomic E-state index is 12.6. The van der Waals surface area contributed by atoms with Crippen LogP contribution in [0, 0.1) is 0 Å². The van der Waals surface area contributed by atoms with Crippen molar-refractivity contribution in [2.24, 2.45) is 0 Å². The third kappa shape index (κ3) is 6.38. The molecular formula is C27H30N2O2S. The second-order valence-electron chi connectivity index (χ2n) is 8.12. The van der Waals surface area contributed by atoms with Crippen LogP contribution in [0.5, 0.6) is 5.75 Å². The first-order valence-electron chi connectivity index (χ1n) is 11.2. The van der Waals surface area contributed by atoms with Crippen LogP contribution in [-0.4, -0.2) is 48.1 Å². The summed E-state index contributed by atoms with van der Waals surface area (Å²) in [6.45, 7) is 5.68. The van der Waals surface area contributed by atoms with Crippen molar-refractivity contribution in [2.75, 3.05) is 31.1 Å². The topological polar surface area (TPSA) is 41.6 Å². The van der Waals surface area contributed by atoms with Gasteiger partial charge in [-0.15, -0.1) is 0 Å². The summed E-state index contributed by atoms with van der Waals surface area (Å²) in [5.41, 5.74) is 4.16. The van der Waals surface area contributed by atoms with E-state index in [1.807, 2.05) is 73.3 Å². The molecule has 3 aromatic rings. The highest BCUT2D eigenvalue weighted by Crippen LogP contribution is 2.20. The van der Waals surface area contributed by atoms with E-state index in [1.165, 1.54) is 17.1 Å². The van der Waals surface area contributed by atoms with Gasteiger partial charge in [0.15, 0.2) is 0 Å². The number of carbonyl (C=O) groups excluding carboxylic acids is 1. The third-order valence-electron chi connectivity index (χ3n) is 5.55. The molecule has 0 aliphatic carbocycles. The number of ether oxygens (including phenoxy) is 1. The van der Waals surface area contributed by atoms with E-state index in [9.17, 15) is 4.79 Å². The predicted octanol–water partition coefficient (Wildman–Crippen LogP) is 5.10. The lowest BCUT2D eigenvalue weighted by molar-refractivity contribution is 0.0932. The number of hydrogen-bond acceptors (Lipinski definition) is 4. The summed E-state index contributed by atoms with van der Waals surface area (Å²) in [6, 6.07) is 26.1. The fourth-order valence-corrected chi connectivity index (χ4v) is 4.77. The van der Waals surface area contributed by atoms with Gasteiger partial charge in [-0.05, 0) is 47.9 Å². The Bertz CT molecular complexity index is 1000. The molecule has 0 bridgehead atoms. The van der Waals surface area contributed by atoms with Gasteiger partial charge in [0.1, 0.15) is 11.9 Å². The number of hydrogen-bond donors (Lipinski definition) is 1. The van der Waals surface area contributed by atoms with Gasteiger partial charge in [-0.1, -0.05) is 54.6 Å². The van der Waals surface area contributed by atoms with Crippen LogP contribution in [0.1, 0.15) is 22.8 Å². The lowest BCUT2D eigenvalue weighted by Crippen LogP contribution is -2.33. The number of benzene rings is 3. The minimum absolute atomic E-state index is 0.0863. The first kappa shape index (κ1) is 22.4. The van der Waals surface area contributed by atoms with Gasteiger partial charge in [0, 0.05) is 36.7 Å². The zero-order chi connectivity index (χ0) is 22.2. The van der Waals surface area contributed by atoms with E-state index < -0.39 is 0 Å². The Hall–Kier alpha value is -2.76. The van der Waals surface area contributed by atoms with Gasteiger partial charge < -0.3 is 10.1 Å². The van der Waals surface area contributed by atoms with Crippen LogP contribution < -0.4 is 10.1 Å². The van der Waals surface area contributed by atoms with E-state index in [0.29, 0.717) is 12.1 Å². The average Bonchev–Trinajstić information content (AvgIpc) is 2.84. The SMILES string of the molecule is C[C@@H](CNC(=O)c1ccc(-c2ccccc2)cc1)Oc1cccc(CN2CCSCC2)c1. The van der Waals surface area contributed by atoms with Gasteiger partial charge in [-0.2, -0.15) is 11.8 Å². The average molecular weight is 447 g/mol. The monoisotopic (exact) mass is 446 g/mol. The molecule has 1 heterocycles. The van der Waals surface area contributed by atoms with Crippen molar-refractivity contribution >= 4 is 17.7 Å². The normalized spacial score (nSPS) is 15.2. The minimum atomic E-state index is -0.121. The standard InChI is InChI=1S/C27H30N2O2S/c1-21(31-26-9-5-6-22(18-26)20-29-14-16-32-17-15-29)19-28-27(30)25-12-10-24(11-13-25)23-7-3-2-4-8-23/h2-13,18,21H,14-17,19-20H2,1H3,(H,28,30)/t21-/m0/s1. The Morgan fingerprint density at radius 2 is 1.69 bits per heavy atom. The van der Waals surface area contributed by atoms with Crippen molar-refractivity contribution in [3.8, 4) is 16.9 Å². The van der Waals surface area contributed by atoms with Gasteiger partial charge in [0.25, 0.3) is 5.91 Å². The minimum Gasteiger partial charge on any atom is -0.489 e. The van der Waals surface area contributed by atoms with Crippen molar-refractivity contribution < 1.29 is 9.53 Å². The second-order valence-corrected chi connectivity index (χ2v) is 9.34. The smallest absolute Gasteiger partial charge is 0.251 e. The lowest BCUT2D eigenvalue weighted by Gasteiger charge is -2.26. The number of rotatable bonds is 8. The molecule has 1 saturated heterocycles. The largest absolute Gasteiger partial charge is 0.489 e. The fourth-order valence-electron chi connectivity index (χ4n) is 3.79. The van der Waals surface area contributed by atoms with E-state index in [0.717, 1.165) is 36.5 Å². The Morgan fingerprint density at radius 1 is 0.969 bits per heavy atom. The number of amides is 1. The van der Waals surface area contributed by atoms with Crippen LogP contribution in [-0.2, 0) is 6.54 Å². The quantitative estimate of drug-likeness (QED) is 0.523. The van der Waals surface area contributed by atoms with Crippen LogP contribution in [0.15, 0.2) is 78.9 Å². The van der Waals surface area contributed by atoms with Crippen molar-refractivity contribution in [3.63, 3.8) is 0 Å². The molecule has 1 fully saturated rings. The Balaban J connectivity index is 1.27. The summed E-state index contributed by atoms with van der Waals surface area (Å²) in [6.07, 6.45) is -0.121.